The highest BCUT2D eigenvalue weighted by Gasteiger charge is 2.33. The van der Waals surface area contributed by atoms with E-state index in [0.717, 1.165) is 18.9 Å². The Morgan fingerprint density at radius 2 is 1.87 bits per heavy atom. The predicted octanol–water partition coefficient (Wildman–Crippen LogP) is 1.84. The lowest BCUT2D eigenvalue weighted by Crippen LogP contribution is -2.39. The second kappa shape index (κ2) is 6.46. The molecule has 0 unspecified atom stereocenters. The summed E-state index contributed by atoms with van der Waals surface area (Å²) in [7, 11) is 0. The van der Waals surface area contributed by atoms with Gasteiger partial charge in [0.25, 0.3) is 0 Å². The monoisotopic (exact) mass is 330 g/mol. The van der Waals surface area contributed by atoms with Gasteiger partial charge in [0.2, 0.25) is 0 Å². The second-order valence-electron chi connectivity index (χ2n) is 5.67. The molecule has 126 valence electrons. The van der Waals surface area contributed by atoms with Gasteiger partial charge in [-0.1, -0.05) is 0 Å². The standard InChI is InChI=1S/C15H17F3N2O3/c16-11-8(14(19)20-10(6-21)7-1-2-7)5-9(12(17)13(11)18)15-22-3-4-23-15/h5,7,10,15,21H,1-4,6H2,(H2,19,20)/t10-/m1/s1. The predicted molar refractivity (Wildman–Crippen MR) is 74.5 cm³/mol. The normalized spacial score (nSPS) is 19.8. The Kier molecular flexibility index (Phi) is 4.56. The number of benzene rings is 1. The van der Waals surface area contributed by atoms with Crippen molar-refractivity contribution < 1.29 is 27.8 Å². The maximum Gasteiger partial charge on any atom is 0.195 e. The van der Waals surface area contributed by atoms with Gasteiger partial charge < -0.3 is 19.9 Å². The Bertz CT molecular complexity index is 616. The first-order valence-corrected chi connectivity index (χ1v) is 7.39. The molecule has 3 N–H and O–H groups in total. The van der Waals surface area contributed by atoms with Crippen molar-refractivity contribution in [2.24, 2.45) is 5.92 Å². The van der Waals surface area contributed by atoms with Crippen LogP contribution in [0.4, 0.5) is 13.2 Å². The van der Waals surface area contributed by atoms with Crippen LogP contribution in [0.3, 0.4) is 0 Å². The molecule has 8 heteroatoms. The SMILES string of the molecule is N=C(N[C@H](CO)C1CC1)c1cc(C2OCCO2)c(F)c(F)c1F. The Morgan fingerprint density at radius 3 is 2.43 bits per heavy atom. The summed E-state index contributed by atoms with van der Waals surface area (Å²) in [6, 6.07) is 0.609. The largest absolute Gasteiger partial charge is 0.394 e. The van der Waals surface area contributed by atoms with Crippen LogP contribution in [-0.4, -0.2) is 36.8 Å². The summed E-state index contributed by atoms with van der Waals surface area (Å²) in [5.41, 5.74) is -0.702. The van der Waals surface area contributed by atoms with Gasteiger partial charge in [0.1, 0.15) is 5.84 Å². The van der Waals surface area contributed by atoms with Gasteiger partial charge in [-0.2, -0.15) is 0 Å². The van der Waals surface area contributed by atoms with Crippen molar-refractivity contribution in [3.8, 4) is 0 Å². The zero-order valence-electron chi connectivity index (χ0n) is 12.2. The third-order valence-electron chi connectivity index (χ3n) is 4.04. The van der Waals surface area contributed by atoms with Gasteiger partial charge in [0.05, 0.1) is 31.4 Å². The number of hydrogen-bond donors (Lipinski definition) is 3. The minimum atomic E-state index is -1.67. The molecule has 1 saturated heterocycles. The molecule has 1 heterocycles. The Balaban J connectivity index is 1.89. The van der Waals surface area contributed by atoms with E-state index in [-0.39, 0.29) is 31.3 Å². The Hall–Kier alpha value is -1.64. The smallest absolute Gasteiger partial charge is 0.195 e. The number of hydrogen-bond acceptors (Lipinski definition) is 4. The third-order valence-corrected chi connectivity index (χ3v) is 4.04. The first kappa shape index (κ1) is 16.2. The zero-order valence-corrected chi connectivity index (χ0v) is 12.2. The van der Waals surface area contributed by atoms with Crippen LogP contribution in [0.25, 0.3) is 0 Å². The van der Waals surface area contributed by atoms with Crippen LogP contribution in [0, 0.1) is 28.8 Å². The molecule has 1 saturated carbocycles. The molecule has 1 aromatic carbocycles. The minimum absolute atomic E-state index is 0.203. The van der Waals surface area contributed by atoms with Crippen LogP contribution in [0.15, 0.2) is 6.07 Å². The number of rotatable bonds is 5. The molecule has 0 spiro atoms. The van der Waals surface area contributed by atoms with E-state index < -0.39 is 41.2 Å². The van der Waals surface area contributed by atoms with Crippen molar-refractivity contribution >= 4 is 5.84 Å². The molecule has 1 aliphatic carbocycles. The average molecular weight is 330 g/mol. The van der Waals surface area contributed by atoms with Crippen LogP contribution >= 0.6 is 0 Å². The average Bonchev–Trinajstić information content (AvgIpc) is 3.25. The molecule has 23 heavy (non-hydrogen) atoms. The number of aliphatic hydroxyl groups is 1. The summed E-state index contributed by atoms with van der Waals surface area (Å²) in [6.45, 7) is 0.227. The lowest BCUT2D eigenvalue weighted by Gasteiger charge is -2.19. The second-order valence-corrected chi connectivity index (χ2v) is 5.67. The van der Waals surface area contributed by atoms with Crippen molar-refractivity contribution in [3.63, 3.8) is 0 Å². The molecule has 2 aliphatic rings. The van der Waals surface area contributed by atoms with E-state index in [0.29, 0.717) is 0 Å². The molecule has 0 aromatic heterocycles. The molecule has 0 amide bonds. The fourth-order valence-electron chi connectivity index (χ4n) is 2.59. The zero-order chi connectivity index (χ0) is 16.6. The van der Waals surface area contributed by atoms with E-state index in [4.69, 9.17) is 14.9 Å². The molecule has 1 atom stereocenters. The van der Waals surface area contributed by atoms with Gasteiger partial charge in [-0.3, -0.25) is 5.41 Å². The van der Waals surface area contributed by atoms with E-state index >= 15 is 0 Å². The van der Waals surface area contributed by atoms with Gasteiger partial charge >= 0.3 is 0 Å². The van der Waals surface area contributed by atoms with Crippen molar-refractivity contribution in [1.29, 1.82) is 5.41 Å². The van der Waals surface area contributed by atoms with Gasteiger partial charge in [0, 0.05) is 5.56 Å². The number of amidine groups is 1. The Labute approximate surface area is 130 Å². The number of halogens is 3. The fourth-order valence-corrected chi connectivity index (χ4v) is 2.59. The molecule has 1 aromatic rings. The summed E-state index contributed by atoms with van der Waals surface area (Å²) in [5, 5.41) is 19.9. The molecule has 1 aliphatic heterocycles. The maximum absolute atomic E-state index is 14.0. The number of ether oxygens (including phenoxy) is 2. The highest BCUT2D eigenvalue weighted by atomic mass is 19.2. The first-order valence-electron chi connectivity index (χ1n) is 7.39. The lowest BCUT2D eigenvalue weighted by atomic mass is 10.1. The molecule has 0 radical (unpaired) electrons. The molecule has 5 nitrogen and oxygen atoms in total. The summed E-state index contributed by atoms with van der Waals surface area (Å²) in [6.07, 6.45) is 0.690. The summed E-state index contributed by atoms with van der Waals surface area (Å²) >= 11 is 0. The quantitative estimate of drug-likeness (QED) is 0.437. The van der Waals surface area contributed by atoms with Crippen LogP contribution in [0.1, 0.15) is 30.3 Å². The van der Waals surface area contributed by atoms with E-state index in [9.17, 15) is 18.3 Å². The highest BCUT2D eigenvalue weighted by molar-refractivity contribution is 5.97. The highest BCUT2D eigenvalue weighted by Crippen LogP contribution is 2.33. The molecule has 2 fully saturated rings. The molecular weight excluding hydrogens is 313 g/mol. The van der Waals surface area contributed by atoms with E-state index in [1.807, 2.05) is 0 Å². The molecule has 3 rings (SSSR count). The molecular formula is C15H17F3N2O3. The fraction of sp³-hybridized carbons (Fsp3) is 0.533. The summed E-state index contributed by atoms with van der Waals surface area (Å²) in [5.74, 6) is -4.71. The van der Waals surface area contributed by atoms with Crippen molar-refractivity contribution in [1.82, 2.24) is 5.32 Å². The van der Waals surface area contributed by atoms with Gasteiger partial charge in [-0.15, -0.1) is 0 Å². The van der Waals surface area contributed by atoms with Crippen LogP contribution in [0.2, 0.25) is 0 Å². The number of nitrogens with one attached hydrogen (secondary N) is 2. The topological polar surface area (TPSA) is 74.6 Å². The summed E-state index contributed by atoms with van der Waals surface area (Å²) in [4.78, 5) is 0. The van der Waals surface area contributed by atoms with Gasteiger partial charge in [-0.05, 0) is 24.8 Å². The first-order chi connectivity index (χ1) is 11.0. The summed E-state index contributed by atoms with van der Waals surface area (Å²) < 4.78 is 52.0. The van der Waals surface area contributed by atoms with Crippen LogP contribution in [0.5, 0.6) is 0 Å². The van der Waals surface area contributed by atoms with Crippen molar-refractivity contribution in [2.45, 2.75) is 25.2 Å². The van der Waals surface area contributed by atoms with Crippen molar-refractivity contribution in [3.05, 3.63) is 34.6 Å². The minimum Gasteiger partial charge on any atom is -0.394 e. The lowest BCUT2D eigenvalue weighted by molar-refractivity contribution is -0.0469. The number of aliphatic hydroxyl groups excluding tert-OH is 1. The van der Waals surface area contributed by atoms with E-state index in [1.54, 1.807) is 0 Å². The Morgan fingerprint density at radius 1 is 1.22 bits per heavy atom. The van der Waals surface area contributed by atoms with Gasteiger partial charge in [-0.25, -0.2) is 13.2 Å². The van der Waals surface area contributed by atoms with Crippen molar-refractivity contribution in [2.75, 3.05) is 19.8 Å². The molecule has 0 bridgehead atoms. The van der Waals surface area contributed by atoms with Crippen LogP contribution < -0.4 is 5.32 Å². The van der Waals surface area contributed by atoms with E-state index in [2.05, 4.69) is 5.32 Å². The maximum atomic E-state index is 14.0. The third kappa shape index (κ3) is 3.19. The van der Waals surface area contributed by atoms with E-state index in [1.165, 1.54) is 0 Å². The van der Waals surface area contributed by atoms with Gasteiger partial charge in [0.15, 0.2) is 23.7 Å². The van der Waals surface area contributed by atoms with Crippen LogP contribution in [-0.2, 0) is 9.47 Å².